The van der Waals surface area contributed by atoms with Crippen LogP contribution in [0.5, 0.6) is 0 Å². The quantitative estimate of drug-likeness (QED) is 0.852. The molecule has 0 saturated carbocycles. The van der Waals surface area contributed by atoms with E-state index in [1.165, 1.54) is 18.7 Å². The van der Waals surface area contributed by atoms with Crippen LogP contribution in [0.15, 0.2) is 10.5 Å². The normalized spacial score (nSPS) is 26.5. The van der Waals surface area contributed by atoms with Crippen molar-refractivity contribution in [2.45, 2.75) is 33.9 Å². The molecule has 90 valence electrons. The van der Waals surface area contributed by atoms with Gasteiger partial charge in [0.25, 0.3) is 0 Å². The first kappa shape index (κ1) is 11.7. The minimum absolute atomic E-state index is 0.499. The van der Waals surface area contributed by atoms with E-state index in [0.29, 0.717) is 6.54 Å². The Morgan fingerprint density at radius 1 is 1.38 bits per heavy atom. The van der Waals surface area contributed by atoms with Crippen molar-refractivity contribution in [2.24, 2.45) is 17.6 Å². The highest BCUT2D eigenvalue weighted by molar-refractivity contribution is 5.19. The minimum atomic E-state index is 0.499. The van der Waals surface area contributed by atoms with E-state index in [0.717, 1.165) is 29.9 Å². The number of aryl methyl sites for hydroxylation is 1. The lowest BCUT2D eigenvalue weighted by atomic mass is 10.0. The SMILES string of the molecule is Cc1cc(CN2CC(C)C(C)C2)oc1CN. The number of furan rings is 1. The molecule has 2 N–H and O–H groups in total. The van der Waals surface area contributed by atoms with Crippen LogP contribution < -0.4 is 5.73 Å². The Bertz CT molecular complexity index is 349. The van der Waals surface area contributed by atoms with Gasteiger partial charge < -0.3 is 10.2 Å². The average Bonchev–Trinajstić information content (AvgIpc) is 2.72. The molecule has 1 fully saturated rings. The van der Waals surface area contributed by atoms with Crippen molar-refractivity contribution in [1.29, 1.82) is 0 Å². The van der Waals surface area contributed by atoms with Gasteiger partial charge in [0.2, 0.25) is 0 Å². The zero-order valence-corrected chi connectivity index (χ0v) is 10.5. The van der Waals surface area contributed by atoms with E-state index in [-0.39, 0.29) is 0 Å². The molecule has 1 saturated heterocycles. The first-order valence-corrected chi connectivity index (χ1v) is 6.10. The molecular formula is C13H22N2O. The number of likely N-dealkylation sites (tertiary alicyclic amines) is 1. The third kappa shape index (κ3) is 2.30. The predicted octanol–water partition coefficient (Wildman–Crippen LogP) is 2.13. The van der Waals surface area contributed by atoms with Crippen molar-refractivity contribution in [2.75, 3.05) is 13.1 Å². The fourth-order valence-corrected chi connectivity index (χ4v) is 2.47. The Morgan fingerprint density at radius 2 is 2.00 bits per heavy atom. The highest BCUT2D eigenvalue weighted by Gasteiger charge is 2.26. The first-order valence-electron chi connectivity index (χ1n) is 6.10. The van der Waals surface area contributed by atoms with Crippen molar-refractivity contribution in [1.82, 2.24) is 4.90 Å². The van der Waals surface area contributed by atoms with Gasteiger partial charge >= 0.3 is 0 Å². The Kier molecular flexibility index (Phi) is 3.36. The molecule has 0 spiro atoms. The van der Waals surface area contributed by atoms with Crippen molar-refractivity contribution in [3.8, 4) is 0 Å². The standard InChI is InChI=1S/C13H22N2O/c1-9-4-12(16-13(9)5-14)8-15-6-10(2)11(3)7-15/h4,10-11H,5-8,14H2,1-3H3. The second-order valence-electron chi connectivity index (χ2n) is 5.17. The van der Waals surface area contributed by atoms with Gasteiger partial charge in [0.1, 0.15) is 11.5 Å². The molecule has 0 bridgehead atoms. The maximum Gasteiger partial charge on any atom is 0.120 e. The number of hydrogen-bond acceptors (Lipinski definition) is 3. The van der Waals surface area contributed by atoms with Gasteiger partial charge in [-0.1, -0.05) is 13.8 Å². The zero-order chi connectivity index (χ0) is 11.7. The van der Waals surface area contributed by atoms with Gasteiger partial charge in [-0.15, -0.1) is 0 Å². The predicted molar refractivity (Wildman–Crippen MR) is 64.9 cm³/mol. The molecular weight excluding hydrogens is 200 g/mol. The Hall–Kier alpha value is -0.800. The summed E-state index contributed by atoms with van der Waals surface area (Å²) in [6.07, 6.45) is 0. The third-order valence-corrected chi connectivity index (χ3v) is 3.70. The van der Waals surface area contributed by atoms with E-state index in [2.05, 4.69) is 31.7 Å². The van der Waals surface area contributed by atoms with Crippen LogP contribution in [-0.2, 0) is 13.1 Å². The van der Waals surface area contributed by atoms with E-state index >= 15 is 0 Å². The molecule has 1 aromatic heterocycles. The summed E-state index contributed by atoms with van der Waals surface area (Å²) in [5.41, 5.74) is 6.79. The second-order valence-corrected chi connectivity index (χ2v) is 5.17. The summed E-state index contributed by atoms with van der Waals surface area (Å²) in [7, 11) is 0. The lowest BCUT2D eigenvalue weighted by molar-refractivity contribution is 0.281. The number of hydrogen-bond donors (Lipinski definition) is 1. The topological polar surface area (TPSA) is 42.4 Å². The largest absolute Gasteiger partial charge is 0.463 e. The Balaban J connectivity index is 1.99. The Labute approximate surface area is 97.6 Å². The Morgan fingerprint density at radius 3 is 2.50 bits per heavy atom. The van der Waals surface area contributed by atoms with Gasteiger partial charge in [-0.3, -0.25) is 4.90 Å². The van der Waals surface area contributed by atoms with Crippen LogP contribution in [0, 0.1) is 18.8 Å². The molecule has 0 radical (unpaired) electrons. The van der Waals surface area contributed by atoms with Crippen LogP contribution >= 0.6 is 0 Å². The van der Waals surface area contributed by atoms with Crippen LogP contribution in [0.3, 0.4) is 0 Å². The summed E-state index contributed by atoms with van der Waals surface area (Å²) in [6, 6.07) is 2.12. The van der Waals surface area contributed by atoms with Crippen molar-refractivity contribution in [3.05, 3.63) is 23.2 Å². The lowest BCUT2D eigenvalue weighted by Gasteiger charge is -2.12. The summed E-state index contributed by atoms with van der Waals surface area (Å²) in [4.78, 5) is 2.47. The molecule has 3 nitrogen and oxygen atoms in total. The molecule has 3 heteroatoms. The van der Waals surface area contributed by atoms with Crippen LogP contribution in [0.4, 0.5) is 0 Å². The smallest absolute Gasteiger partial charge is 0.120 e. The molecule has 0 aliphatic carbocycles. The maximum atomic E-state index is 5.73. The van der Waals surface area contributed by atoms with Crippen molar-refractivity contribution < 1.29 is 4.42 Å². The highest BCUT2D eigenvalue weighted by Crippen LogP contribution is 2.24. The number of nitrogens with zero attached hydrogens (tertiary/aromatic N) is 1. The van der Waals surface area contributed by atoms with E-state index in [4.69, 9.17) is 10.2 Å². The molecule has 2 heterocycles. The molecule has 2 rings (SSSR count). The van der Waals surface area contributed by atoms with Crippen molar-refractivity contribution >= 4 is 0 Å². The molecule has 2 unspecified atom stereocenters. The third-order valence-electron chi connectivity index (χ3n) is 3.70. The molecule has 1 aliphatic rings. The lowest BCUT2D eigenvalue weighted by Crippen LogP contribution is -2.19. The van der Waals surface area contributed by atoms with Gasteiger partial charge in [0.15, 0.2) is 0 Å². The molecule has 0 aromatic carbocycles. The van der Waals surface area contributed by atoms with Crippen LogP contribution in [0.25, 0.3) is 0 Å². The summed E-state index contributed by atoms with van der Waals surface area (Å²) in [5, 5.41) is 0. The van der Waals surface area contributed by atoms with E-state index in [1.54, 1.807) is 0 Å². The highest BCUT2D eigenvalue weighted by atomic mass is 16.3. The molecule has 0 amide bonds. The molecule has 1 aliphatic heterocycles. The van der Waals surface area contributed by atoms with E-state index in [9.17, 15) is 0 Å². The summed E-state index contributed by atoms with van der Waals surface area (Å²) in [5.74, 6) is 3.57. The minimum Gasteiger partial charge on any atom is -0.463 e. The van der Waals surface area contributed by atoms with Gasteiger partial charge in [-0.2, -0.15) is 0 Å². The van der Waals surface area contributed by atoms with Crippen molar-refractivity contribution in [3.63, 3.8) is 0 Å². The van der Waals surface area contributed by atoms with Gasteiger partial charge in [-0.05, 0) is 30.4 Å². The summed E-state index contributed by atoms with van der Waals surface area (Å²) >= 11 is 0. The van der Waals surface area contributed by atoms with E-state index in [1.807, 2.05) is 0 Å². The van der Waals surface area contributed by atoms with E-state index < -0.39 is 0 Å². The fourth-order valence-electron chi connectivity index (χ4n) is 2.47. The van der Waals surface area contributed by atoms with Gasteiger partial charge in [0.05, 0.1) is 13.1 Å². The van der Waals surface area contributed by atoms with Gasteiger partial charge in [-0.25, -0.2) is 0 Å². The maximum absolute atomic E-state index is 5.73. The molecule has 1 aromatic rings. The summed E-state index contributed by atoms with van der Waals surface area (Å²) in [6.45, 7) is 10.5. The molecule has 2 atom stereocenters. The average molecular weight is 222 g/mol. The fraction of sp³-hybridized carbons (Fsp3) is 0.692. The zero-order valence-electron chi connectivity index (χ0n) is 10.5. The number of rotatable bonds is 3. The first-order chi connectivity index (χ1) is 7.60. The number of nitrogens with two attached hydrogens (primary N) is 1. The van der Waals surface area contributed by atoms with Crippen LogP contribution in [-0.4, -0.2) is 18.0 Å². The second kappa shape index (κ2) is 4.60. The molecule has 16 heavy (non-hydrogen) atoms. The van der Waals surface area contributed by atoms with Crippen LogP contribution in [0.1, 0.15) is 30.9 Å². The van der Waals surface area contributed by atoms with Gasteiger partial charge in [0, 0.05) is 13.1 Å². The monoisotopic (exact) mass is 222 g/mol. The van der Waals surface area contributed by atoms with Crippen LogP contribution in [0.2, 0.25) is 0 Å². The summed E-state index contributed by atoms with van der Waals surface area (Å²) < 4.78 is 5.73.